The summed E-state index contributed by atoms with van der Waals surface area (Å²) in [6.45, 7) is 9.74. The Kier molecular flexibility index (Phi) is 7.23. The molecule has 1 fully saturated rings. The molecule has 1 saturated heterocycles. The summed E-state index contributed by atoms with van der Waals surface area (Å²) in [4.78, 5) is 27.1. The first kappa shape index (κ1) is 22.4. The summed E-state index contributed by atoms with van der Waals surface area (Å²) in [5.74, 6) is 0.511. The number of carbonyl (C=O) groups excluding carboxylic acids is 2. The maximum atomic E-state index is 12.9. The van der Waals surface area contributed by atoms with E-state index in [9.17, 15) is 9.59 Å². The Bertz CT molecular complexity index is 736. The fraction of sp³-hybridized carbons (Fsp3) is 0.652. The number of piperidine rings is 1. The molecule has 7 nitrogen and oxygen atoms in total. The lowest BCUT2D eigenvalue weighted by Gasteiger charge is -2.42. The molecule has 0 aliphatic carbocycles. The summed E-state index contributed by atoms with van der Waals surface area (Å²) in [6.07, 6.45) is 3.48. The molecule has 2 amide bonds. The molecule has 166 valence electrons. The molecule has 2 N–H and O–H groups in total. The second-order valence-electron chi connectivity index (χ2n) is 9.35. The van der Waals surface area contributed by atoms with Gasteiger partial charge in [-0.2, -0.15) is 0 Å². The molecular weight excluding hydrogens is 382 g/mol. The van der Waals surface area contributed by atoms with Gasteiger partial charge >= 0.3 is 6.09 Å². The number of likely N-dealkylation sites (tertiary alicyclic amines) is 1. The third kappa shape index (κ3) is 6.11. The Morgan fingerprint density at radius 1 is 1.13 bits per heavy atom. The van der Waals surface area contributed by atoms with Crippen LogP contribution in [0.15, 0.2) is 24.3 Å². The Morgan fingerprint density at radius 3 is 2.60 bits per heavy atom. The van der Waals surface area contributed by atoms with Crippen LogP contribution in [0.5, 0.6) is 5.75 Å². The molecule has 0 unspecified atom stereocenters. The van der Waals surface area contributed by atoms with Crippen LogP contribution in [0.2, 0.25) is 0 Å². The number of nitrogens with one attached hydrogen (secondary N) is 2. The molecule has 3 rings (SSSR count). The molecule has 1 aromatic carbocycles. The number of nitrogens with zero attached hydrogens (tertiary/aromatic N) is 1. The van der Waals surface area contributed by atoms with Crippen molar-refractivity contribution in [2.45, 2.75) is 52.1 Å². The van der Waals surface area contributed by atoms with Crippen LogP contribution in [0.4, 0.5) is 4.79 Å². The summed E-state index contributed by atoms with van der Waals surface area (Å²) in [5, 5.41) is 6.57. The van der Waals surface area contributed by atoms with Crippen molar-refractivity contribution in [3.63, 3.8) is 0 Å². The van der Waals surface area contributed by atoms with E-state index in [0.717, 1.165) is 38.8 Å². The van der Waals surface area contributed by atoms with E-state index in [-0.39, 0.29) is 17.4 Å². The average molecular weight is 418 g/mol. The standard InChI is InChI=1S/C23H35N3O4/c1-22(2,3)30-21(28)26-14-10-23(11-15-26)9-6-12-24-13-16-29-19-8-5-4-7-18(19)20(27)25-17-23/h4-5,7-8,24H,6,9-17H2,1-3H3,(H,25,27). The predicted molar refractivity (Wildman–Crippen MR) is 116 cm³/mol. The van der Waals surface area contributed by atoms with Crippen molar-refractivity contribution >= 4 is 12.0 Å². The van der Waals surface area contributed by atoms with Crippen molar-refractivity contribution in [3.8, 4) is 5.75 Å². The maximum Gasteiger partial charge on any atom is 0.410 e. The fourth-order valence-corrected chi connectivity index (χ4v) is 4.09. The zero-order chi connectivity index (χ0) is 21.6. The van der Waals surface area contributed by atoms with Crippen LogP contribution in [0, 0.1) is 5.41 Å². The van der Waals surface area contributed by atoms with Gasteiger partial charge in [0.1, 0.15) is 18.0 Å². The number of ether oxygens (including phenoxy) is 2. The van der Waals surface area contributed by atoms with Gasteiger partial charge in [0.2, 0.25) is 0 Å². The lowest BCUT2D eigenvalue weighted by molar-refractivity contribution is 0.00855. The van der Waals surface area contributed by atoms with E-state index >= 15 is 0 Å². The van der Waals surface area contributed by atoms with Gasteiger partial charge in [0.05, 0.1) is 5.56 Å². The van der Waals surface area contributed by atoms with Crippen molar-refractivity contribution < 1.29 is 19.1 Å². The monoisotopic (exact) mass is 417 g/mol. The highest BCUT2D eigenvalue weighted by atomic mass is 16.6. The SMILES string of the molecule is CC(C)(C)OC(=O)N1CCC2(CCCNCCOc3ccccc3C(=O)NC2)CC1. The van der Waals surface area contributed by atoms with Crippen LogP contribution < -0.4 is 15.4 Å². The van der Waals surface area contributed by atoms with Crippen molar-refractivity contribution in [1.82, 2.24) is 15.5 Å². The summed E-state index contributed by atoms with van der Waals surface area (Å²) in [5.41, 5.74) is 0.0604. The fourth-order valence-electron chi connectivity index (χ4n) is 4.09. The molecule has 2 aliphatic heterocycles. The van der Waals surface area contributed by atoms with Crippen molar-refractivity contribution in [3.05, 3.63) is 29.8 Å². The van der Waals surface area contributed by atoms with Gasteiger partial charge in [-0.1, -0.05) is 12.1 Å². The van der Waals surface area contributed by atoms with Gasteiger partial charge in [-0.25, -0.2) is 4.79 Å². The Morgan fingerprint density at radius 2 is 1.87 bits per heavy atom. The van der Waals surface area contributed by atoms with Crippen LogP contribution >= 0.6 is 0 Å². The molecular formula is C23H35N3O4. The van der Waals surface area contributed by atoms with E-state index in [4.69, 9.17) is 9.47 Å². The van der Waals surface area contributed by atoms with Gasteiger partial charge in [0, 0.05) is 26.2 Å². The highest BCUT2D eigenvalue weighted by Crippen LogP contribution is 2.36. The van der Waals surface area contributed by atoms with E-state index in [1.807, 2.05) is 39.0 Å². The highest BCUT2D eigenvalue weighted by molar-refractivity contribution is 5.96. The van der Waals surface area contributed by atoms with Gasteiger partial charge in [0.15, 0.2) is 0 Å². The van der Waals surface area contributed by atoms with Crippen molar-refractivity contribution in [1.29, 1.82) is 0 Å². The van der Waals surface area contributed by atoms with Gasteiger partial charge in [-0.3, -0.25) is 4.79 Å². The van der Waals surface area contributed by atoms with Gasteiger partial charge < -0.3 is 25.0 Å². The quantitative estimate of drug-likeness (QED) is 0.678. The molecule has 7 heteroatoms. The number of hydrogen-bond donors (Lipinski definition) is 2. The van der Waals surface area contributed by atoms with Gasteiger partial charge in [-0.15, -0.1) is 0 Å². The summed E-state index contributed by atoms with van der Waals surface area (Å²) >= 11 is 0. The van der Waals surface area contributed by atoms with E-state index in [2.05, 4.69) is 10.6 Å². The molecule has 0 bridgehead atoms. The van der Waals surface area contributed by atoms with Crippen LogP contribution in [-0.4, -0.2) is 61.8 Å². The average Bonchev–Trinajstić information content (AvgIpc) is 2.71. The highest BCUT2D eigenvalue weighted by Gasteiger charge is 2.37. The van der Waals surface area contributed by atoms with Gasteiger partial charge in [-0.05, 0) is 70.5 Å². The zero-order valence-electron chi connectivity index (χ0n) is 18.5. The molecule has 2 heterocycles. The lowest BCUT2D eigenvalue weighted by Crippen LogP contribution is -2.49. The number of hydrogen-bond acceptors (Lipinski definition) is 5. The van der Waals surface area contributed by atoms with Crippen molar-refractivity contribution in [2.24, 2.45) is 5.41 Å². The minimum absolute atomic E-state index is 0.0142. The lowest BCUT2D eigenvalue weighted by atomic mass is 9.74. The topological polar surface area (TPSA) is 79.9 Å². The van der Waals surface area contributed by atoms with Crippen LogP contribution in [0.3, 0.4) is 0 Å². The Labute approximate surface area is 179 Å². The first-order valence-electron chi connectivity index (χ1n) is 11.0. The Hall–Kier alpha value is -2.28. The number of benzene rings is 1. The molecule has 2 aliphatic rings. The van der Waals surface area contributed by atoms with Crippen molar-refractivity contribution in [2.75, 3.05) is 39.3 Å². The second-order valence-corrected chi connectivity index (χ2v) is 9.35. The van der Waals surface area contributed by atoms with E-state index in [1.165, 1.54) is 0 Å². The maximum absolute atomic E-state index is 12.9. The summed E-state index contributed by atoms with van der Waals surface area (Å²) in [7, 11) is 0. The van der Waals surface area contributed by atoms with Crippen LogP contribution in [0.25, 0.3) is 0 Å². The third-order valence-corrected chi connectivity index (χ3v) is 5.83. The number of carbonyl (C=O) groups is 2. The first-order valence-corrected chi connectivity index (χ1v) is 11.0. The zero-order valence-corrected chi connectivity index (χ0v) is 18.5. The second kappa shape index (κ2) is 9.69. The molecule has 1 aromatic rings. The summed E-state index contributed by atoms with van der Waals surface area (Å²) < 4.78 is 11.3. The minimum Gasteiger partial charge on any atom is -0.491 e. The van der Waals surface area contributed by atoms with E-state index < -0.39 is 5.60 Å². The molecule has 1 spiro atoms. The molecule has 30 heavy (non-hydrogen) atoms. The first-order chi connectivity index (χ1) is 14.3. The molecule has 0 atom stereocenters. The van der Waals surface area contributed by atoms with Crippen LogP contribution in [-0.2, 0) is 4.74 Å². The summed E-state index contributed by atoms with van der Waals surface area (Å²) in [6, 6.07) is 7.37. The molecule has 0 saturated carbocycles. The van der Waals surface area contributed by atoms with E-state index in [0.29, 0.717) is 37.6 Å². The largest absolute Gasteiger partial charge is 0.491 e. The predicted octanol–water partition coefficient (Wildman–Crippen LogP) is 3.20. The minimum atomic E-state index is -0.493. The van der Waals surface area contributed by atoms with Crippen LogP contribution in [0.1, 0.15) is 56.8 Å². The third-order valence-electron chi connectivity index (χ3n) is 5.83. The molecule has 0 radical (unpaired) electrons. The normalized spacial score (nSPS) is 20.6. The number of para-hydroxylation sites is 1. The van der Waals surface area contributed by atoms with Gasteiger partial charge in [0.25, 0.3) is 5.91 Å². The number of fused-ring (bicyclic) bond motifs is 1. The molecule has 0 aromatic heterocycles. The Balaban J connectivity index is 1.68. The number of rotatable bonds is 0. The number of amides is 2. The van der Waals surface area contributed by atoms with E-state index in [1.54, 1.807) is 11.0 Å². The smallest absolute Gasteiger partial charge is 0.410 e.